The van der Waals surface area contributed by atoms with Crippen molar-refractivity contribution in [3.63, 3.8) is 0 Å². The molecular formula is C21H25N5OS. The summed E-state index contributed by atoms with van der Waals surface area (Å²) in [6.07, 6.45) is 6.83. The second-order valence-corrected chi connectivity index (χ2v) is 8.50. The van der Waals surface area contributed by atoms with Crippen molar-refractivity contribution >= 4 is 28.7 Å². The van der Waals surface area contributed by atoms with Crippen LogP contribution in [0.15, 0.2) is 47.9 Å². The Morgan fingerprint density at radius 2 is 2.04 bits per heavy atom. The highest BCUT2D eigenvalue weighted by Crippen LogP contribution is 2.30. The van der Waals surface area contributed by atoms with Crippen molar-refractivity contribution in [1.82, 2.24) is 25.1 Å². The van der Waals surface area contributed by atoms with Crippen LogP contribution in [0.1, 0.15) is 33.1 Å². The fourth-order valence-electron chi connectivity index (χ4n) is 3.86. The van der Waals surface area contributed by atoms with Gasteiger partial charge in [0.2, 0.25) is 5.91 Å². The molecule has 2 heterocycles. The van der Waals surface area contributed by atoms with Gasteiger partial charge in [-0.1, -0.05) is 56.7 Å². The quantitative estimate of drug-likeness (QED) is 0.525. The number of thioether (sulfide) groups is 1. The minimum absolute atomic E-state index is 0.0677. The lowest BCUT2D eigenvalue weighted by Gasteiger charge is -2.34. The molecule has 3 aromatic rings. The zero-order valence-corrected chi connectivity index (χ0v) is 17.0. The number of hydrogen-bond acceptors (Lipinski definition) is 5. The molecule has 0 saturated heterocycles. The number of hydrogen-bond donors (Lipinski definition) is 1. The van der Waals surface area contributed by atoms with E-state index < -0.39 is 0 Å². The summed E-state index contributed by atoms with van der Waals surface area (Å²) in [6, 6.07) is 10.2. The zero-order valence-electron chi connectivity index (χ0n) is 16.2. The number of nitrogens with zero attached hydrogens (tertiary/aromatic N) is 4. The van der Waals surface area contributed by atoms with Crippen LogP contribution in [-0.2, 0) is 4.79 Å². The minimum atomic E-state index is 0.0677. The molecule has 1 aromatic carbocycles. The van der Waals surface area contributed by atoms with Gasteiger partial charge in [0.15, 0.2) is 5.65 Å². The third-order valence-corrected chi connectivity index (χ3v) is 6.73. The molecule has 0 spiro atoms. The topological polar surface area (TPSA) is 72.7 Å². The SMILES string of the molecule is CC1CCCC(NC(=O)CSc2ncnc3c2cnn3-c2ccccc2)C1C. The molecule has 28 heavy (non-hydrogen) atoms. The van der Waals surface area contributed by atoms with Gasteiger partial charge in [0.25, 0.3) is 0 Å². The number of fused-ring (bicyclic) bond motifs is 1. The highest BCUT2D eigenvalue weighted by Gasteiger charge is 2.28. The number of amides is 1. The van der Waals surface area contributed by atoms with E-state index in [1.54, 1.807) is 10.9 Å². The molecule has 1 aliphatic carbocycles. The first-order chi connectivity index (χ1) is 13.6. The summed E-state index contributed by atoms with van der Waals surface area (Å²) in [5.74, 6) is 1.60. The first kappa shape index (κ1) is 18.9. The summed E-state index contributed by atoms with van der Waals surface area (Å²) in [7, 11) is 0. The zero-order chi connectivity index (χ0) is 19.5. The van der Waals surface area contributed by atoms with E-state index in [0.29, 0.717) is 17.6 Å². The van der Waals surface area contributed by atoms with Gasteiger partial charge >= 0.3 is 0 Å². The minimum Gasteiger partial charge on any atom is -0.352 e. The predicted octanol–water partition coefficient (Wildman–Crippen LogP) is 3.85. The Morgan fingerprint density at radius 1 is 1.21 bits per heavy atom. The normalized spacial score (nSPS) is 22.3. The molecule has 1 N–H and O–H groups in total. The molecular weight excluding hydrogens is 370 g/mol. The molecule has 3 unspecified atom stereocenters. The number of carbonyl (C=O) groups is 1. The Balaban J connectivity index is 1.45. The lowest BCUT2D eigenvalue weighted by molar-refractivity contribution is -0.119. The van der Waals surface area contributed by atoms with Crippen molar-refractivity contribution in [3.8, 4) is 5.69 Å². The van der Waals surface area contributed by atoms with E-state index in [1.165, 1.54) is 30.9 Å². The van der Waals surface area contributed by atoms with E-state index >= 15 is 0 Å². The molecule has 1 amide bonds. The molecule has 0 radical (unpaired) electrons. The van der Waals surface area contributed by atoms with E-state index in [4.69, 9.17) is 0 Å². The number of nitrogens with one attached hydrogen (secondary N) is 1. The van der Waals surface area contributed by atoms with Crippen LogP contribution in [0, 0.1) is 11.8 Å². The van der Waals surface area contributed by atoms with E-state index in [0.717, 1.165) is 28.2 Å². The molecule has 0 aliphatic heterocycles. The summed E-state index contributed by atoms with van der Waals surface area (Å²) in [5, 5.41) is 9.34. The summed E-state index contributed by atoms with van der Waals surface area (Å²) >= 11 is 1.44. The highest BCUT2D eigenvalue weighted by molar-refractivity contribution is 8.00. The Bertz CT molecular complexity index is 958. The van der Waals surface area contributed by atoms with E-state index in [1.807, 2.05) is 30.3 Å². The number of carbonyl (C=O) groups excluding carboxylic acids is 1. The molecule has 3 atom stereocenters. The van der Waals surface area contributed by atoms with Crippen LogP contribution in [0.2, 0.25) is 0 Å². The Hall–Kier alpha value is -2.41. The highest BCUT2D eigenvalue weighted by atomic mass is 32.2. The van der Waals surface area contributed by atoms with Crippen molar-refractivity contribution in [2.45, 2.75) is 44.2 Å². The van der Waals surface area contributed by atoms with Crippen molar-refractivity contribution < 1.29 is 4.79 Å². The molecule has 146 valence electrons. The Kier molecular flexibility index (Phi) is 5.62. The number of aromatic nitrogens is 4. The molecule has 4 rings (SSSR count). The lowest BCUT2D eigenvalue weighted by Crippen LogP contribution is -2.44. The van der Waals surface area contributed by atoms with E-state index in [-0.39, 0.29) is 11.9 Å². The van der Waals surface area contributed by atoms with Gasteiger partial charge in [-0.3, -0.25) is 4.79 Å². The average molecular weight is 396 g/mol. The van der Waals surface area contributed by atoms with Gasteiger partial charge in [-0.25, -0.2) is 14.6 Å². The smallest absolute Gasteiger partial charge is 0.230 e. The molecule has 6 nitrogen and oxygen atoms in total. The number of para-hydroxylation sites is 1. The lowest BCUT2D eigenvalue weighted by atomic mass is 9.78. The predicted molar refractivity (Wildman–Crippen MR) is 111 cm³/mol. The number of benzene rings is 1. The van der Waals surface area contributed by atoms with E-state index in [2.05, 4.69) is 34.2 Å². The summed E-state index contributed by atoms with van der Waals surface area (Å²) in [4.78, 5) is 21.3. The largest absolute Gasteiger partial charge is 0.352 e. The van der Waals surface area contributed by atoms with Crippen molar-refractivity contribution in [2.75, 3.05) is 5.75 Å². The summed E-state index contributed by atoms with van der Waals surface area (Å²) in [5.41, 5.74) is 1.70. The third kappa shape index (κ3) is 3.90. The second kappa shape index (κ2) is 8.31. The first-order valence-electron chi connectivity index (χ1n) is 9.80. The van der Waals surface area contributed by atoms with Gasteiger partial charge in [0, 0.05) is 6.04 Å². The standard InChI is InChI=1S/C21H25N5OS/c1-14-7-6-10-18(15(14)2)25-19(27)12-28-21-17-11-24-26(20(17)22-13-23-21)16-8-4-3-5-9-16/h3-5,8-9,11,13-15,18H,6-7,10,12H2,1-2H3,(H,25,27). The van der Waals surface area contributed by atoms with Gasteiger partial charge in [-0.05, 0) is 30.4 Å². The molecule has 1 aliphatic rings. The van der Waals surface area contributed by atoms with Crippen LogP contribution >= 0.6 is 11.8 Å². The van der Waals surface area contributed by atoms with Gasteiger partial charge in [0.05, 0.1) is 23.0 Å². The number of rotatable bonds is 5. The van der Waals surface area contributed by atoms with Gasteiger partial charge in [-0.2, -0.15) is 5.10 Å². The van der Waals surface area contributed by atoms with Crippen LogP contribution < -0.4 is 5.32 Å². The van der Waals surface area contributed by atoms with E-state index in [9.17, 15) is 4.79 Å². The Morgan fingerprint density at radius 3 is 2.86 bits per heavy atom. The van der Waals surface area contributed by atoms with Gasteiger partial charge in [-0.15, -0.1) is 0 Å². The van der Waals surface area contributed by atoms with Crippen molar-refractivity contribution in [2.24, 2.45) is 11.8 Å². The van der Waals surface area contributed by atoms with Crippen molar-refractivity contribution in [1.29, 1.82) is 0 Å². The summed E-state index contributed by atoms with van der Waals surface area (Å²) in [6.45, 7) is 4.52. The average Bonchev–Trinajstić information content (AvgIpc) is 3.15. The molecule has 1 saturated carbocycles. The van der Waals surface area contributed by atoms with Crippen molar-refractivity contribution in [3.05, 3.63) is 42.9 Å². The first-order valence-corrected chi connectivity index (χ1v) is 10.8. The monoisotopic (exact) mass is 395 g/mol. The van der Waals surface area contributed by atoms with Crippen LogP contribution in [0.5, 0.6) is 0 Å². The van der Waals surface area contributed by atoms with Gasteiger partial charge < -0.3 is 5.32 Å². The maximum Gasteiger partial charge on any atom is 0.230 e. The van der Waals surface area contributed by atoms with Crippen LogP contribution in [-0.4, -0.2) is 37.5 Å². The second-order valence-electron chi connectivity index (χ2n) is 7.54. The fraction of sp³-hybridized carbons (Fsp3) is 0.429. The van der Waals surface area contributed by atoms with Crippen LogP contribution in [0.3, 0.4) is 0 Å². The molecule has 1 fully saturated rings. The van der Waals surface area contributed by atoms with Gasteiger partial charge in [0.1, 0.15) is 11.4 Å². The summed E-state index contributed by atoms with van der Waals surface area (Å²) < 4.78 is 1.80. The molecule has 2 aromatic heterocycles. The molecule has 0 bridgehead atoms. The third-order valence-electron chi connectivity index (χ3n) is 5.72. The maximum absolute atomic E-state index is 12.5. The van der Waals surface area contributed by atoms with Crippen LogP contribution in [0.4, 0.5) is 0 Å². The fourth-order valence-corrected chi connectivity index (χ4v) is 4.64. The molecule has 7 heteroatoms. The van der Waals surface area contributed by atoms with Crippen LogP contribution in [0.25, 0.3) is 16.7 Å². The Labute approximate surface area is 169 Å². The maximum atomic E-state index is 12.5.